The zero-order valence-electron chi connectivity index (χ0n) is 17.8. The summed E-state index contributed by atoms with van der Waals surface area (Å²) >= 11 is 0. The second-order valence-corrected chi connectivity index (χ2v) is 7.06. The van der Waals surface area contributed by atoms with Crippen LogP contribution in [0.5, 0.6) is 17.2 Å². The minimum Gasteiger partial charge on any atom is -0.493 e. The van der Waals surface area contributed by atoms with E-state index in [0.29, 0.717) is 36.3 Å². The number of hydrogen-bond acceptors (Lipinski definition) is 4. The molecule has 164 valence electrons. The van der Waals surface area contributed by atoms with E-state index in [2.05, 4.69) is 15.6 Å². The lowest BCUT2D eigenvalue weighted by atomic mass is 9.96. The van der Waals surface area contributed by atoms with Crippen LogP contribution in [0, 0.1) is 5.82 Å². The SMILES string of the molecule is CN=C(NCc1ccc(OC)c(OC)c1OC)NCC1(c2cccc(F)c2)CC1.I. The zero-order valence-corrected chi connectivity index (χ0v) is 20.1. The van der Waals surface area contributed by atoms with Crippen molar-refractivity contribution in [2.75, 3.05) is 34.9 Å². The summed E-state index contributed by atoms with van der Waals surface area (Å²) in [7, 11) is 6.50. The molecular formula is C22H29FIN3O3. The summed E-state index contributed by atoms with van der Waals surface area (Å²) in [5.41, 5.74) is 1.92. The molecule has 6 nitrogen and oxygen atoms in total. The van der Waals surface area contributed by atoms with Crippen molar-refractivity contribution in [2.45, 2.75) is 24.8 Å². The fourth-order valence-corrected chi connectivity index (χ4v) is 3.49. The molecule has 1 aliphatic carbocycles. The number of aliphatic imine (C=N–C) groups is 1. The minimum absolute atomic E-state index is 0. The first-order valence-corrected chi connectivity index (χ1v) is 9.55. The molecule has 30 heavy (non-hydrogen) atoms. The van der Waals surface area contributed by atoms with Crippen LogP contribution in [0.4, 0.5) is 4.39 Å². The first-order chi connectivity index (χ1) is 14.1. The third kappa shape index (κ3) is 5.27. The van der Waals surface area contributed by atoms with Gasteiger partial charge in [0.1, 0.15) is 5.82 Å². The lowest BCUT2D eigenvalue weighted by Crippen LogP contribution is -2.41. The van der Waals surface area contributed by atoms with Gasteiger partial charge in [0.15, 0.2) is 17.5 Å². The molecule has 0 atom stereocenters. The number of halogens is 2. The normalized spacial score (nSPS) is 14.4. The predicted octanol–water partition coefficient (Wildman–Crippen LogP) is 3.87. The van der Waals surface area contributed by atoms with Gasteiger partial charge in [-0.15, -0.1) is 24.0 Å². The van der Waals surface area contributed by atoms with Gasteiger partial charge in [-0.25, -0.2) is 4.39 Å². The van der Waals surface area contributed by atoms with Crippen LogP contribution in [0.2, 0.25) is 0 Å². The topological polar surface area (TPSA) is 64.1 Å². The van der Waals surface area contributed by atoms with Gasteiger partial charge in [-0.3, -0.25) is 4.99 Å². The maximum absolute atomic E-state index is 13.6. The summed E-state index contributed by atoms with van der Waals surface area (Å²) in [6.07, 6.45) is 2.06. The van der Waals surface area contributed by atoms with E-state index in [4.69, 9.17) is 14.2 Å². The third-order valence-electron chi connectivity index (χ3n) is 5.34. The number of nitrogens with one attached hydrogen (secondary N) is 2. The number of rotatable bonds is 8. The second kappa shape index (κ2) is 10.7. The number of hydrogen-bond donors (Lipinski definition) is 2. The van der Waals surface area contributed by atoms with Crippen molar-refractivity contribution < 1.29 is 18.6 Å². The highest BCUT2D eigenvalue weighted by atomic mass is 127. The number of benzene rings is 2. The molecule has 0 spiro atoms. The van der Waals surface area contributed by atoms with Crippen molar-refractivity contribution >= 4 is 29.9 Å². The van der Waals surface area contributed by atoms with E-state index in [1.807, 2.05) is 18.2 Å². The molecule has 0 amide bonds. The van der Waals surface area contributed by atoms with Gasteiger partial charge in [0.05, 0.1) is 21.3 Å². The van der Waals surface area contributed by atoms with E-state index >= 15 is 0 Å². The third-order valence-corrected chi connectivity index (χ3v) is 5.34. The Balaban J connectivity index is 0.00000320. The Morgan fingerprint density at radius 1 is 1.03 bits per heavy atom. The first kappa shape index (κ1) is 24.0. The van der Waals surface area contributed by atoms with E-state index in [9.17, 15) is 4.39 Å². The van der Waals surface area contributed by atoms with Crippen LogP contribution in [0.25, 0.3) is 0 Å². The summed E-state index contributed by atoms with van der Waals surface area (Å²) in [5, 5.41) is 6.67. The fraction of sp³-hybridized carbons (Fsp3) is 0.409. The Hall–Kier alpha value is -2.23. The van der Waals surface area contributed by atoms with Crippen LogP contribution < -0.4 is 24.8 Å². The average Bonchev–Trinajstić information content (AvgIpc) is 3.54. The fourth-order valence-electron chi connectivity index (χ4n) is 3.49. The largest absolute Gasteiger partial charge is 0.493 e. The van der Waals surface area contributed by atoms with Crippen molar-refractivity contribution in [3.63, 3.8) is 0 Å². The summed E-state index contributed by atoms with van der Waals surface area (Å²) in [6, 6.07) is 10.6. The maximum Gasteiger partial charge on any atom is 0.203 e. The molecule has 2 N–H and O–H groups in total. The van der Waals surface area contributed by atoms with E-state index in [1.165, 1.54) is 6.07 Å². The van der Waals surface area contributed by atoms with E-state index in [-0.39, 0.29) is 35.2 Å². The standard InChI is InChI=1S/C22H28FN3O3.HI/c1-24-21(26-14-22(10-11-22)16-6-5-7-17(23)12-16)25-13-15-8-9-18(27-2)20(29-4)19(15)28-3;/h5-9,12H,10-11,13-14H2,1-4H3,(H2,24,25,26);1H. The Kier molecular flexibility index (Phi) is 8.57. The van der Waals surface area contributed by atoms with Gasteiger partial charge < -0.3 is 24.8 Å². The number of methoxy groups -OCH3 is 3. The minimum atomic E-state index is -0.197. The molecule has 0 saturated heterocycles. The van der Waals surface area contributed by atoms with Gasteiger partial charge >= 0.3 is 0 Å². The highest BCUT2D eigenvalue weighted by Crippen LogP contribution is 2.47. The highest BCUT2D eigenvalue weighted by molar-refractivity contribution is 14.0. The molecule has 2 aromatic carbocycles. The van der Waals surface area contributed by atoms with Gasteiger partial charge in [0.2, 0.25) is 5.75 Å². The molecule has 0 unspecified atom stereocenters. The van der Waals surface area contributed by atoms with Crippen molar-refractivity contribution in [3.05, 3.63) is 53.3 Å². The number of guanidine groups is 1. The smallest absolute Gasteiger partial charge is 0.203 e. The summed E-state index contributed by atoms with van der Waals surface area (Å²) < 4.78 is 29.9. The molecule has 8 heteroatoms. The first-order valence-electron chi connectivity index (χ1n) is 9.55. The van der Waals surface area contributed by atoms with Crippen LogP contribution in [-0.2, 0) is 12.0 Å². The quantitative estimate of drug-likeness (QED) is 0.309. The zero-order chi connectivity index (χ0) is 20.9. The maximum atomic E-state index is 13.6. The molecule has 1 aliphatic rings. The van der Waals surface area contributed by atoms with Crippen LogP contribution in [0.1, 0.15) is 24.0 Å². The van der Waals surface area contributed by atoms with E-state index < -0.39 is 0 Å². The Labute approximate surface area is 194 Å². The van der Waals surface area contributed by atoms with Crippen LogP contribution in [0.15, 0.2) is 41.4 Å². The van der Waals surface area contributed by atoms with Gasteiger partial charge in [-0.1, -0.05) is 12.1 Å². The van der Waals surface area contributed by atoms with Gasteiger partial charge in [-0.05, 0) is 42.7 Å². The van der Waals surface area contributed by atoms with Crippen molar-refractivity contribution in [1.82, 2.24) is 10.6 Å². The number of nitrogens with zero attached hydrogens (tertiary/aromatic N) is 1. The van der Waals surface area contributed by atoms with E-state index in [0.717, 1.165) is 24.0 Å². The second-order valence-electron chi connectivity index (χ2n) is 7.06. The molecule has 1 fully saturated rings. The molecule has 2 aromatic rings. The van der Waals surface area contributed by atoms with Crippen molar-refractivity contribution in [2.24, 2.45) is 4.99 Å². The van der Waals surface area contributed by atoms with Crippen LogP contribution in [0.3, 0.4) is 0 Å². The average molecular weight is 529 g/mol. The van der Waals surface area contributed by atoms with E-state index in [1.54, 1.807) is 40.5 Å². The van der Waals surface area contributed by atoms with Crippen molar-refractivity contribution in [3.8, 4) is 17.2 Å². The predicted molar refractivity (Wildman–Crippen MR) is 127 cm³/mol. The molecule has 0 radical (unpaired) electrons. The van der Waals surface area contributed by atoms with Crippen molar-refractivity contribution in [1.29, 1.82) is 0 Å². The molecule has 0 aliphatic heterocycles. The summed E-state index contributed by atoms with van der Waals surface area (Å²) in [4.78, 5) is 4.30. The Morgan fingerprint density at radius 3 is 2.33 bits per heavy atom. The monoisotopic (exact) mass is 529 g/mol. The summed E-state index contributed by atoms with van der Waals surface area (Å²) in [5.74, 6) is 2.26. The van der Waals surface area contributed by atoms with Gasteiger partial charge in [0, 0.05) is 31.1 Å². The molecule has 1 saturated carbocycles. The van der Waals surface area contributed by atoms with Crippen LogP contribution >= 0.6 is 24.0 Å². The molecule has 0 aromatic heterocycles. The molecule has 3 rings (SSSR count). The lowest BCUT2D eigenvalue weighted by Gasteiger charge is -2.20. The Bertz CT molecular complexity index is 888. The lowest BCUT2D eigenvalue weighted by molar-refractivity contribution is 0.322. The summed E-state index contributed by atoms with van der Waals surface area (Å²) in [6.45, 7) is 1.19. The Morgan fingerprint density at radius 2 is 1.77 bits per heavy atom. The molecule has 0 bridgehead atoms. The highest BCUT2D eigenvalue weighted by Gasteiger charge is 2.44. The van der Waals surface area contributed by atoms with Gasteiger partial charge in [0.25, 0.3) is 0 Å². The van der Waals surface area contributed by atoms with Crippen LogP contribution in [-0.4, -0.2) is 40.9 Å². The van der Waals surface area contributed by atoms with Gasteiger partial charge in [-0.2, -0.15) is 0 Å². The molecule has 0 heterocycles. The molecular weight excluding hydrogens is 500 g/mol. The number of ether oxygens (including phenoxy) is 3.